The quantitative estimate of drug-likeness (QED) is 0.516. The summed E-state index contributed by atoms with van der Waals surface area (Å²) in [5.74, 6) is -0.306. The molecule has 0 amide bonds. The summed E-state index contributed by atoms with van der Waals surface area (Å²) in [6.45, 7) is 16.5. The molecule has 0 aromatic carbocycles. The number of rotatable bonds is 6. The van der Waals surface area contributed by atoms with Crippen LogP contribution >= 0.6 is 0 Å². The molecule has 0 aromatic heterocycles. The molecule has 0 aliphatic heterocycles. The fourth-order valence-electron chi connectivity index (χ4n) is 1.64. The van der Waals surface area contributed by atoms with Crippen molar-refractivity contribution < 1.29 is 9.53 Å². The van der Waals surface area contributed by atoms with Gasteiger partial charge in [-0.3, -0.25) is 4.90 Å². The molecule has 3 heteroatoms. The normalized spacial score (nSPS) is 13.3. The summed E-state index contributed by atoms with van der Waals surface area (Å²) in [5, 5.41) is 0. The highest BCUT2D eigenvalue weighted by molar-refractivity contribution is 5.87. The molecule has 0 fully saturated rings. The molecule has 16 heavy (non-hydrogen) atoms. The van der Waals surface area contributed by atoms with Gasteiger partial charge in [-0.15, -0.1) is 0 Å². The lowest BCUT2D eigenvalue weighted by Gasteiger charge is -2.32. The van der Waals surface area contributed by atoms with E-state index >= 15 is 0 Å². The van der Waals surface area contributed by atoms with Crippen LogP contribution in [0.3, 0.4) is 0 Å². The summed E-state index contributed by atoms with van der Waals surface area (Å²) in [7, 11) is 0. The first-order valence-corrected chi connectivity index (χ1v) is 5.88. The number of ether oxygens (including phenoxy) is 1. The van der Waals surface area contributed by atoms with Crippen LogP contribution in [0.5, 0.6) is 0 Å². The lowest BCUT2D eigenvalue weighted by molar-refractivity contribution is -0.144. The van der Waals surface area contributed by atoms with Gasteiger partial charge in [0, 0.05) is 24.2 Å². The Kier molecular flexibility index (Phi) is 6.34. The van der Waals surface area contributed by atoms with E-state index in [0.29, 0.717) is 17.7 Å². The van der Waals surface area contributed by atoms with Gasteiger partial charge in [0.05, 0.1) is 0 Å². The minimum absolute atomic E-state index is 0.103. The fourth-order valence-corrected chi connectivity index (χ4v) is 1.64. The summed E-state index contributed by atoms with van der Waals surface area (Å²) < 4.78 is 5.26. The second-order valence-electron chi connectivity index (χ2n) is 4.88. The predicted octanol–water partition coefficient (Wildman–Crippen LogP) is 2.61. The van der Waals surface area contributed by atoms with Gasteiger partial charge in [-0.05, 0) is 41.5 Å². The topological polar surface area (TPSA) is 29.5 Å². The van der Waals surface area contributed by atoms with Crippen molar-refractivity contribution in [1.29, 1.82) is 0 Å². The van der Waals surface area contributed by atoms with Crippen molar-refractivity contribution in [2.45, 2.75) is 59.7 Å². The Morgan fingerprint density at radius 1 is 1.19 bits per heavy atom. The summed E-state index contributed by atoms with van der Waals surface area (Å²) in [6.07, 6.45) is -0.103. The molecule has 0 aromatic rings. The molecule has 0 spiro atoms. The third kappa shape index (κ3) is 5.31. The van der Waals surface area contributed by atoms with E-state index < -0.39 is 0 Å². The van der Waals surface area contributed by atoms with Crippen molar-refractivity contribution in [3.05, 3.63) is 12.2 Å². The summed E-state index contributed by atoms with van der Waals surface area (Å²) in [4.78, 5) is 13.6. The first kappa shape index (κ1) is 15.2. The van der Waals surface area contributed by atoms with Gasteiger partial charge in [0.25, 0.3) is 0 Å². The molecule has 1 atom stereocenters. The molecule has 0 bridgehead atoms. The molecule has 3 nitrogen and oxygen atoms in total. The van der Waals surface area contributed by atoms with E-state index in [4.69, 9.17) is 4.74 Å². The van der Waals surface area contributed by atoms with Gasteiger partial charge in [0.2, 0.25) is 0 Å². The third-order valence-electron chi connectivity index (χ3n) is 2.45. The summed E-state index contributed by atoms with van der Waals surface area (Å²) in [6, 6.07) is 0.900. The second-order valence-corrected chi connectivity index (χ2v) is 4.88. The number of nitrogens with zero attached hydrogens (tertiary/aromatic N) is 1. The van der Waals surface area contributed by atoms with E-state index in [2.05, 4.69) is 39.2 Å². The second kappa shape index (κ2) is 6.69. The smallest absolute Gasteiger partial charge is 0.333 e. The Morgan fingerprint density at radius 3 is 1.94 bits per heavy atom. The van der Waals surface area contributed by atoms with Crippen molar-refractivity contribution >= 4 is 5.97 Å². The van der Waals surface area contributed by atoms with Gasteiger partial charge >= 0.3 is 5.97 Å². The van der Waals surface area contributed by atoms with Gasteiger partial charge in [-0.1, -0.05) is 6.58 Å². The average Bonchev–Trinajstić information content (AvgIpc) is 2.12. The molecule has 0 aliphatic carbocycles. The minimum atomic E-state index is -0.306. The maximum Gasteiger partial charge on any atom is 0.333 e. The largest absolute Gasteiger partial charge is 0.458 e. The van der Waals surface area contributed by atoms with Crippen LogP contribution in [-0.2, 0) is 9.53 Å². The number of carbonyl (C=O) groups is 1. The van der Waals surface area contributed by atoms with Crippen LogP contribution in [-0.4, -0.2) is 35.6 Å². The van der Waals surface area contributed by atoms with Crippen molar-refractivity contribution in [2.75, 3.05) is 6.54 Å². The summed E-state index contributed by atoms with van der Waals surface area (Å²) >= 11 is 0. The van der Waals surface area contributed by atoms with Crippen molar-refractivity contribution in [3.63, 3.8) is 0 Å². The van der Waals surface area contributed by atoms with Gasteiger partial charge in [0.15, 0.2) is 0 Å². The molecule has 0 heterocycles. The Bertz CT molecular complexity index is 238. The average molecular weight is 227 g/mol. The van der Waals surface area contributed by atoms with E-state index in [-0.39, 0.29) is 12.1 Å². The zero-order valence-corrected chi connectivity index (χ0v) is 11.4. The van der Waals surface area contributed by atoms with Crippen LogP contribution in [0.15, 0.2) is 12.2 Å². The minimum Gasteiger partial charge on any atom is -0.458 e. The van der Waals surface area contributed by atoms with E-state index in [0.717, 1.165) is 6.54 Å². The van der Waals surface area contributed by atoms with Crippen LogP contribution in [0.2, 0.25) is 0 Å². The number of hydrogen-bond donors (Lipinski definition) is 0. The SMILES string of the molecule is C=C(C)C(=O)OC(C)CN(C(C)C)C(C)C. The highest BCUT2D eigenvalue weighted by Crippen LogP contribution is 2.08. The standard InChI is InChI=1S/C13H25NO2/c1-9(2)13(15)16-12(7)8-14(10(3)4)11(5)6/h10-12H,1,8H2,2-7H3. The van der Waals surface area contributed by atoms with Gasteiger partial charge in [-0.25, -0.2) is 4.79 Å². The van der Waals surface area contributed by atoms with Crippen LogP contribution in [0, 0.1) is 0 Å². The van der Waals surface area contributed by atoms with Crippen LogP contribution < -0.4 is 0 Å². The maximum absolute atomic E-state index is 11.3. The fraction of sp³-hybridized carbons (Fsp3) is 0.769. The molecular weight excluding hydrogens is 202 g/mol. The molecule has 0 saturated carbocycles. The molecule has 0 aliphatic rings. The first-order valence-electron chi connectivity index (χ1n) is 5.88. The van der Waals surface area contributed by atoms with Crippen molar-refractivity contribution in [3.8, 4) is 0 Å². The van der Waals surface area contributed by atoms with Crippen LogP contribution in [0.4, 0.5) is 0 Å². The number of carbonyl (C=O) groups excluding carboxylic acids is 1. The van der Waals surface area contributed by atoms with E-state index in [9.17, 15) is 4.79 Å². The van der Waals surface area contributed by atoms with Crippen molar-refractivity contribution in [1.82, 2.24) is 4.90 Å². The Balaban J connectivity index is 4.25. The Hall–Kier alpha value is -0.830. The first-order chi connectivity index (χ1) is 7.25. The van der Waals surface area contributed by atoms with Crippen LogP contribution in [0.1, 0.15) is 41.5 Å². The lowest BCUT2D eigenvalue weighted by Crippen LogP contribution is -2.42. The van der Waals surface area contributed by atoms with Gasteiger partial charge in [0.1, 0.15) is 6.10 Å². The number of esters is 1. The molecule has 0 radical (unpaired) electrons. The van der Waals surface area contributed by atoms with Gasteiger partial charge in [-0.2, -0.15) is 0 Å². The van der Waals surface area contributed by atoms with Gasteiger partial charge < -0.3 is 4.74 Å². The molecular formula is C13H25NO2. The molecule has 0 rings (SSSR count). The zero-order valence-electron chi connectivity index (χ0n) is 11.4. The number of hydrogen-bond acceptors (Lipinski definition) is 3. The lowest BCUT2D eigenvalue weighted by atomic mass is 10.2. The van der Waals surface area contributed by atoms with E-state index in [1.807, 2.05) is 6.92 Å². The molecule has 0 N–H and O–H groups in total. The van der Waals surface area contributed by atoms with Crippen molar-refractivity contribution in [2.24, 2.45) is 0 Å². The highest BCUT2D eigenvalue weighted by atomic mass is 16.5. The third-order valence-corrected chi connectivity index (χ3v) is 2.45. The van der Waals surface area contributed by atoms with E-state index in [1.165, 1.54) is 0 Å². The maximum atomic E-state index is 11.3. The summed E-state index contributed by atoms with van der Waals surface area (Å²) in [5.41, 5.74) is 0.451. The zero-order chi connectivity index (χ0) is 12.9. The Morgan fingerprint density at radius 2 is 1.62 bits per heavy atom. The Labute approximate surface area is 99.5 Å². The molecule has 1 unspecified atom stereocenters. The molecule has 94 valence electrons. The van der Waals surface area contributed by atoms with Crippen LogP contribution in [0.25, 0.3) is 0 Å². The monoisotopic (exact) mass is 227 g/mol. The predicted molar refractivity (Wildman–Crippen MR) is 67.3 cm³/mol. The molecule has 0 saturated heterocycles. The highest BCUT2D eigenvalue weighted by Gasteiger charge is 2.18. The van der Waals surface area contributed by atoms with E-state index in [1.54, 1.807) is 6.92 Å².